The van der Waals surface area contributed by atoms with Crippen molar-refractivity contribution in [1.29, 1.82) is 0 Å². The molecule has 0 saturated carbocycles. The maximum Gasteiger partial charge on any atom is 0.242 e. The monoisotopic (exact) mass is 355 g/mol. The number of nitrogens with zero attached hydrogens (tertiary/aromatic N) is 2. The van der Waals surface area contributed by atoms with Gasteiger partial charge in [0.1, 0.15) is 6.54 Å². The van der Waals surface area contributed by atoms with Gasteiger partial charge in [0.2, 0.25) is 11.8 Å². The van der Waals surface area contributed by atoms with Gasteiger partial charge < -0.3 is 25.6 Å². The van der Waals surface area contributed by atoms with Crippen LogP contribution in [0.5, 0.6) is 0 Å². The van der Waals surface area contributed by atoms with E-state index in [1.807, 2.05) is 20.8 Å². The molecule has 0 bridgehead atoms. The minimum absolute atomic E-state index is 0.00567. The molecular formula is C17H33N5O3. The van der Waals surface area contributed by atoms with Crippen molar-refractivity contribution in [1.82, 2.24) is 20.9 Å². The fourth-order valence-electron chi connectivity index (χ4n) is 2.28. The van der Waals surface area contributed by atoms with E-state index in [0.717, 1.165) is 25.9 Å². The van der Waals surface area contributed by atoms with Gasteiger partial charge in [0.15, 0.2) is 5.96 Å². The summed E-state index contributed by atoms with van der Waals surface area (Å²) in [4.78, 5) is 29.5. The lowest BCUT2D eigenvalue weighted by molar-refractivity contribution is -0.127. The first-order valence-corrected chi connectivity index (χ1v) is 8.82. The quantitative estimate of drug-likeness (QED) is 0.464. The summed E-state index contributed by atoms with van der Waals surface area (Å²) in [6.45, 7) is 7.24. The van der Waals surface area contributed by atoms with Crippen molar-refractivity contribution in [2.45, 2.75) is 51.7 Å². The molecule has 2 amide bonds. The summed E-state index contributed by atoms with van der Waals surface area (Å²) < 4.78 is 5.68. The molecule has 25 heavy (non-hydrogen) atoms. The van der Waals surface area contributed by atoms with Gasteiger partial charge in [0, 0.05) is 32.8 Å². The lowest BCUT2D eigenvalue weighted by Gasteiger charge is -2.24. The van der Waals surface area contributed by atoms with Crippen molar-refractivity contribution < 1.29 is 14.3 Å². The van der Waals surface area contributed by atoms with Crippen LogP contribution in [-0.4, -0.2) is 74.7 Å². The Morgan fingerprint density at radius 3 is 2.48 bits per heavy atom. The maximum absolute atomic E-state index is 11.9. The molecule has 1 aliphatic rings. The van der Waals surface area contributed by atoms with E-state index in [0.29, 0.717) is 12.5 Å². The fraction of sp³-hybridized carbons (Fsp3) is 0.824. The van der Waals surface area contributed by atoms with Crippen molar-refractivity contribution in [3.05, 3.63) is 0 Å². The SMILES string of the molecule is CN(C)C(=O)CNC(=NCC(=O)NC(C)(C)C)NCC1CCCCO1. The number of likely N-dealkylation sites (N-methyl/N-ethyl adjacent to an activating group) is 1. The predicted octanol–water partition coefficient (Wildman–Crippen LogP) is 0.0936. The minimum Gasteiger partial charge on any atom is -0.376 e. The highest BCUT2D eigenvalue weighted by Gasteiger charge is 2.16. The summed E-state index contributed by atoms with van der Waals surface area (Å²) in [7, 11) is 3.39. The van der Waals surface area contributed by atoms with Crippen LogP contribution in [0.4, 0.5) is 0 Å². The van der Waals surface area contributed by atoms with Crippen molar-refractivity contribution in [2.75, 3.05) is 40.3 Å². The summed E-state index contributed by atoms with van der Waals surface area (Å²) in [5.74, 6) is 0.206. The molecule has 0 aliphatic carbocycles. The molecule has 144 valence electrons. The van der Waals surface area contributed by atoms with Crippen molar-refractivity contribution >= 4 is 17.8 Å². The molecule has 1 heterocycles. The van der Waals surface area contributed by atoms with Gasteiger partial charge in [-0.3, -0.25) is 9.59 Å². The van der Waals surface area contributed by atoms with Crippen LogP contribution in [0, 0.1) is 0 Å². The van der Waals surface area contributed by atoms with Gasteiger partial charge in [-0.25, -0.2) is 4.99 Å². The second-order valence-electron chi connectivity index (χ2n) is 7.47. The van der Waals surface area contributed by atoms with Crippen LogP contribution < -0.4 is 16.0 Å². The number of guanidine groups is 1. The minimum atomic E-state index is -0.301. The first-order chi connectivity index (χ1) is 11.7. The van der Waals surface area contributed by atoms with Crippen molar-refractivity contribution in [2.24, 2.45) is 4.99 Å². The Morgan fingerprint density at radius 2 is 1.92 bits per heavy atom. The first-order valence-electron chi connectivity index (χ1n) is 8.82. The van der Waals surface area contributed by atoms with Gasteiger partial charge in [0.25, 0.3) is 0 Å². The third-order valence-corrected chi connectivity index (χ3v) is 3.57. The number of ether oxygens (including phenoxy) is 1. The highest BCUT2D eigenvalue weighted by Crippen LogP contribution is 2.11. The predicted molar refractivity (Wildman–Crippen MR) is 98.5 cm³/mol. The van der Waals surface area contributed by atoms with E-state index >= 15 is 0 Å². The molecule has 0 aromatic carbocycles. The molecule has 1 rings (SSSR count). The number of rotatable bonds is 6. The maximum atomic E-state index is 11.9. The van der Waals surface area contributed by atoms with Crippen LogP contribution in [0.1, 0.15) is 40.0 Å². The lowest BCUT2D eigenvalue weighted by Crippen LogP contribution is -2.47. The summed E-state index contributed by atoms with van der Waals surface area (Å²) in [6, 6.07) is 0. The summed E-state index contributed by atoms with van der Waals surface area (Å²) in [6.07, 6.45) is 3.38. The van der Waals surface area contributed by atoms with E-state index in [-0.39, 0.29) is 36.5 Å². The van der Waals surface area contributed by atoms with Crippen LogP contribution in [0.25, 0.3) is 0 Å². The molecular weight excluding hydrogens is 322 g/mol. The topological polar surface area (TPSA) is 95.1 Å². The van der Waals surface area contributed by atoms with Gasteiger partial charge in [-0.05, 0) is 40.0 Å². The van der Waals surface area contributed by atoms with E-state index in [4.69, 9.17) is 4.74 Å². The Balaban J connectivity index is 2.57. The largest absolute Gasteiger partial charge is 0.376 e. The normalized spacial score (nSPS) is 18.4. The second-order valence-corrected chi connectivity index (χ2v) is 7.47. The van der Waals surface area contributed by atoms with E-state index in [2.05, 4.69) is 20.9 Å². The van der Waals surface area contributed by atoms with Crippen molar-refractivity contribution in [3.8, 4) is 0 Å². The number of nitrogens with one attached hydrogen (secondary N) is 3. The molecule has 0 aromatic rings. The number of carbonyl (C=O) groups excluding carboxylic acids is 2. The number of amides is 2. The average molecular weight is 355 g/mol. The Bertz CT molecular complexity index is 465. The Morgan fingerprint density at radius 1 is 1.20 bits per heavy atom. The smallest absolute Gasteiger partial charge is 0.242 e. The van der Waals surface area contributed by atoms with Gasteiger partial charge in [0.05, 0.1) is 12.6 Å². The Labute approximate surface area is 150 Å². The molecule has 8 nitrogen and oxygen atoms in total. The summed E-state index contributed by atoms with van der Waals surface area (Å²) in [5, 5.41) is 9.00. The summed E-state index contributed by atoms with van der Waals surface area (Å²) >= 11 is 0. The highest BCUT2D eigenvalue weighted by molar-refractivity contribution is 5.88. The third kappa shape index (κ3) is 9.91. The molecule has 0 spiro atoms. The van der Waals surface area contributed by atoms with E-state index in [9.17, 15) is 9.59 Å². The Kier molecular flexibility index (Phi) is 8.68. The van der Waals surface area contributed by atoms with E-state index in [1.165, 1.54) is 4.90 Å². The highest BCUT2D eigenvalue weighted by atomic mass is 16.5. The molecule has 0 radical (unpaired) electrons. The Hall–Kier alpha value is -1.83. The molecule has 1 unspecified atom stereocenters. The van der Waals surface area contributed by atoms with Crippen LogP contribution in [0.2, 0.25) is 0 Å². The van der Waals surface area contributed by atoms with Gasteiger partial charge in [-0.1, -0.05) is 0 Å². The molecule has 1 fully saturated rings. The number of hydrogen-bond acceptors (Lipinski definition) is 4. The summed E-state index contributed by atoms with van der Waals surface area (Å²) in [5.41, 5.74) is -0.301. The van der Waals surface area contributed by atoms with Gasteiger partial charge in [-0.15, -0.1) is 0 Å². The van der Waals surface area contributed by atoms with Gasteiger partial charge >= 0.3 is 0 Å². The molecule has 3 N–H and O–H groups in total. The lowest BCUT2D eigenvalue weighted by atomic mass is 10.1. The zero-order chi connectivity index (χ0) is 18.9. The number of carbonyl (C=O) groups is 2. The molecule has 8 heteroatoms. The van der Waals surface area contributed by atoms with E-state index < -0.39 is 0 Å². The zero-order valence-electron chi connectivity index (χ0n) is 16.1. The first kappa shape index (κ1) is 21.2. The molecule has 1 atom stereocenters. The standard InChI is InChI=1S/C17H33N5O3/c1-17(2,3)21-14(23)11-19-16(20-12-15(24)22(4)5)18-10-13-8-6-7-9-25-13/h13H,6-12H2,1-5H3,(H,21,23)(H2,18,19,20). The number of aliphatic imine (C=N–C) groups is 1. The third-order valence-electron chi connectivity index (χ3n) is 3.57. The van der Waals surface area contributed by atoms with Crippen LogP contribution >= 0.6 is 0 Å². The number of hydrogen-bond donors (Lipinski definition) is 3. The van der Waals surface area contributed by atoms with E-state index in [1.54, 1.807) is 14.1 Å². The van der Waals surface area contributed by atoms with Crippen LogP contribution in [-0.2, 0) is 14.3 Å². The van der Waals surface area contributed by atoms with Crippen molar-refractivity contribution in [3.63, 3.8) is 0 Å². The molecule has 1 aliphatic heterocycles. The average Bonchev–Trinajstić information content (AvgIpc) is 2.53. The fourth-order valence-corrected chi connectivity index (χ4v) is 2.28. The molecule has 1 saturated heterocycles. The van der Waals surface area contributed by atoms with Gasteiger partial charge in [-0.2, -0.15) is 0 Å². The second kappa shape index (κ2) is 10.2. The molecule has 0 aromatic heterocycles. The van der Waals surface area contributed by atoms with Crippen LogP contribution in [0.15, 0.2) is 4.99 Å². The van der Waals surface area contributed by atoms with Crippen LogP contribution in [0.3, 0.4) is 0 Å². The zero-order valence-corrected chi connectivity index (χ0v) is 16.1.